The largest absolute Gasteiger partial charge is 0.494 e. The average Bonchev–Trinajstić information content (AvgIpc) is 3.01. The molecule has 0 aromatic heterocycles. The number of carboxylic acids is 1. The number of ether oxygens (including phenoxy) is 2. The summed E-state index contributed by atoms with van der Waals surface area (Å²) in [6.45, 7) is 2.01. The summed E-state index contributed by atoms with van der Waals surface area (Å²) >= 11 is 6.73. The quantitative estimate of drug-likeness (QED) is 0.349. The fourth-order valence-electron chi connectivity index (χ4n) is 2.50. The van der Waals surface area contributed by atoms with Gasteiger partial charge < -0.3 is 19.9 Å². The maximum Gasteiger partial charge on any atom is 0.341 e. The number of aliphatic imine (C=N–C) groups is 1. The predicted octanol–water partition coefficient (Wildman–Crippen LogP) is 4.81. The number of carbonyl (C=O) groups excluding carboxylic acids is 1. The molecule has 0 bridgehead atoms. The second-order valence-electron chi connectivity index (χ2n) is 5.90. The number of benzene rings is 2. The minimum Gasteiger partial charge on any atom is -0.494 e. The van der Waals surface area contributed by atoms with Crippen molar-refractivity contribution in [3.63, 3.8) is 0 Å². The molecule has 1 amide bonds. The normalized spacial score (nSPS) is 16.0. The van der Waals surface area contributed by atoms with E-state index >= 15 is 0 Å². The molecule has 0 atom stereocenters. The van der Waals surface area contributed by atoms with Gasteiger partial charge in [0.15, 0.2) is 11.8 Å². The summed E-state index contributed by atoms with van der Waals surface area (Å²) in [6, 6.07) is 10.9. The summed E-state index contributed by atoms with van der Waals surface area (Å²) in [7, 11) is 0. The molecule has 3 rings (SSSR count). The van der Waals surface area contributed by atoms with Crippen LogP contribution in [0.5, 0.6) is 11.5 Å². The van der Waals surface area contributed by atoms with Gasteiger partial charge in [-0.2, -0.15) is 0 Å². The molecule has 0 spiro atoms. The lowest BCUT2D eigenvalue weighted by atomic mass is 10.2. The molecule has 2 aromatic carbocycles. The van der Waals surface area contributed by atoms with Gasteiger partial charge in [0.2, 0.25) is 0 Å². The molecule has 1 heterocycles. The summed E-state index contributed by atoms with van der Waals surface area (Å²) in [5.41, 5.74) is 1.28. The molecule has 0 unspecified atom stereocenters. The van der Waals surface area contributed by atoms with Crippen LogP contribution < -0.4 is 14.8 Å². The first-order chi connectivity index (χ1) is 14.4. The molecular formula is C20H16BrIN2O5S. The first-order valence-corrected chi connectivity index (χ1v) is 11.4. The van der Waals surface area contributed by atoms with E-state index in [1.807, 2.05) is 25.1 Å². The molecule has 10 heteroatoms. The maximum absolute atomic E-state index is 12.4. The van der Waals surface area contributed by atoms with Crippen molar-refractivity contribution in [2.45, 2.75) is 6.92 Å². The van der Waals surface area contributed by atoms with E-state index in [1.165, 1.54) is 11.8 Å². The van der Waals surface area contributed by atoms with E-state index < -0.39 is 12.6 Å². The number of nitrogens with zero attached hydrogens (tertiary/aromatic N) is 1. The Morgan fingerprint density at radius 3 is 2.70 bits per heavy atom. The minimum atomic E-state index is -1.09. The summed E-state index contributed by atoms with van der Waals surface area (Å²) in [5.74, 6) is -0.264. The topological polar surface area (TPSA) is 97.2 Å². The highest BCUT2D eigenvalue weighted by atomic mass is 127. The van der Waals surface area contributed by atoms with Crippen molar-refractivity contribution in [3.8, 4) is 11.5 Å². The number of amidine groups is 1. The highest BCUT2D eigenvalue weighted by molar-refractivity contribution is 14.1. The zero-order valence-electron chi connectivity index (χ0n) is 15.6. The zero-order chi connectivity index (χ0) is 21.7. The molecule has 2 aromatic rings. The van der Waals surface area contributed by atoms with Crippen LogP contribution in [0.25, 0.3) is 6.08 Å². The predicted molar refractivity (Wildman–Crippen MR) is 128 cm³/mol. The van der Waals surface area contributed by atoms with E-state index in [0.29, 0.717) is 38.2 Å². The first kappa shape index (κ1) is 22.6. The Hall–Kier alpha value is -2.05. The Balaban J connectivity index is 1.84. The number of rotatable bonds is 7. The Morgan fingerprint density at radius 1 is 1.30 bits per heavy atom. The number of halogens is 2. The third-order valence-electron chi connectivity index (χ3n) is 3.69. The number of nitrogens with one attached hydrogen (secondary N) is 1. The third-order valence-corrected chi connectivity index (χ3v) is 5.81. The van der Waals surface area contributed by atoms with Gasteiger partial charge in [-0.25, -0.2) is 9.79 Å². The molecule has 2 N–H and O–H groups in total. The van der Waals surface area contributed by atoms with Crippen LogP contribution in [0.2, 0.25) is 0 Å². The highest BCUT2D eigenvalue weighted by Crippen LogP contribution is 2.36. The standard InChI is InChI=1S/C20H16BrIN2O5S/c1-2-28-14-5-3-13(4-6-14)23-20-24-19(27)16(30-20)8-11-7-12(22)9-15(21)18(11)29-10-17(25)26/h3-9H,2,10H2,1H3,(H,25,26)(H,23,24,27)/b16-8+. The fraction of sp³-hybridized carbons (Fsp3) is 0.150. The molecule has 0 radical (unpaired) electrons. The van der Waals surface area contributed by atoms with Crippen LogP contribution in [0.15, 0.2) is 50.8 Å². The van der Waals surface area contributed by atoms with E-state index in [4.69, 9.17) is 14.6 Å². The van der Waals surface area contributed by atoms with Gasteiger partial charge >= 0.3 is 5.97 Å². The van der Waals surface area contributed by atoms with Gasteiger partial charge in [0, 0.05) is 9.13 Å². The SMILES string of the molecule is CCOc1ccc(N=C2NC(=O)/C(=C\c3cc(I)cc(Br)c3OCC(=O)O)S2)cc1. The lowest BCUT2D eigenvalue weighted by Gasteiger charge is -2.10. The molecule has 1 aliphatic heterocycles. The van der Waals surface area contributed by atoms with Crippen LogP contribution in [-0.4, -0.2) is 35.4 Å². The number of hydrogen-bond acceptors (Lipinski definition) is 6. The number of aliphatic carboxylic acids is 1. The molecule has 1 saturated heterocycles. The van der Waals surface area contributed by atoms with Crippen LogP contribution in [0.1, 0.15) is 12.5 Å². The second-order valence-corrected chi connectivity index (χ2v) is 9.03. The van der Waals surface area contributed by atoms with E-state index in [-0.39, 0.29) is 5.91 Å². The van der Waals surface area contributed by atoms with Crippen LogP contribution in [0.3, 0.4) is 0 Å². The number of hydrogen-bond donors (Lipinski definition) is 2. The average molecular weight is 603 g/mol. The van der Waals surface area contributed by atoms with Gasteiger partial charge in [-0.15, -0.1) is 0 Å². The van der Waals surface area contributed by atoms with Gasteiger partial charge in [0.25, 0.3) is 5.91 Å². The lowest BCUT2D eigenvalue weighted by molar-refractivity contribution is -0.139. The second kappa shape index (κ2) is 10.3. The summed E-state index contributed by atoms with van der Waals surface area (Å²) < 4.78 is 12.3. The summed E-state index contributed by atoms with van der Waals surface area (Å²) in [5, 5.41) is 12.1. The Labute approximate surface area is 199 Å². The molecule has 0 aliphatic carbocycles. The number of amides is 1. The van der Waals surface area contributed by atoms with Gasteiger partial charge in [-0.3, -0.25) is 4.79 Å². The third kappa shape index (κ3) is 5.99. The van der Waals surface area contributed by atoms with E-state index in [1.54, 1.807) is 24.3 Å². The van der Waals surface area contributed by atoms with Crippen LogP contribution in [0.4, 0.5) is 5.69 Å². The van der Waals surface area contributed by atoms with Gasteiger partial charge in [0.1, 0.15) is 11.5 Å². The number of carbonyl (C=O) groups is 2. The van der Waals surface area contributed by atoms with Crippen molar-refractivity contribution < 1.29 is 24.2 Å². The number of thioether (sulfide) groups is 1. The van der Waals surface area contributed by atoms with Crippen LogP contribution in [0, 0.1) is 3.57 Å². The smallest absolute Gasteiger partial charge is 0.341 e. The van der Waals surface area contributed by atoms with E-state index in [9.17, 15) is 9.59 Å². The van der Waals surface area contributed by atoms with Crippen LogP contribution in [-0.2, 0) is 9.59 Å². The fourth-order valence-corrected chi connectivity index (χ4v) is 4.99. The van der Waals surface area contributed by atoms with Gasteiger partial charge in [0.05, 0.1) is 21.7 Å². The molecule has 1 fully saturated rings. The van der Waals surface area contributed by atoms with Gasteiger partial charge in [-0.1, -0.05) is 0 Å². The van der Waals surface area contributed by atoms with E-state index in [0.717, 1.165) is 9.32 Å². The molecule has 156 valence electrons. The highest BCUT2D eigenvalue weighted by Gasteiger charge is 2.25. The minimum absolute atomic E-state index is 0.288. The van der Waals surface area contributed by atoms with Gasteiger partial charge in [-0.05, 0) is 99.7 Å². The number of carboxylic acid groups (broad SMARTS) is 1. The molecule has 7 nitrogen and oxygen atoms in total. The van der Waals surface area contributed by atoms with Crippen molar-refractivity contribution in [3.05, 3.63) is 54.9 Å². The Bertz CT molecular complexity index is 1040. The van der Waals surface area contributed by atoms with Crippen molar-refractivity contribution in [2.24, 2.45) is 4.99 Å². The molecule has 0 saturated carbocycles. The van der Waals surface area contributed by atoms with E-state index in [2.05, 4.69) is 48.8 Å². The maximum atomic E-state index is 12.4. The van der Waals surface area contributed by atoms with Crippen molar-refractivity contribution in [1.29, 1.82) is 0 Å². The Morgan fingerprint density at radius 2 is 2.03 bits per heavy atom. The van der Waals surface area contributed by atoms with Crippen LogP contribution >= 0.6 is 50.3 Å². The molecular weight excluding hydrogens is 587 g/mol. The lowest BCUT2D eigenvalue weighted by Crippen LogP contribution is -2.19. The summed E-state index contributed by atoms with van der Waals surface area (Å²) in [6.07, 6.45) is 1.66. The van der Waals surface area contributed by atoms with Crippen molar-refractivity contribution in [1.82, 2.24) is 5.32 Å². The monoisotopic (exact) mass is 602 g/mol. The van der Waals surface area contributed by atoms with Crippen molar-refractivity contribution >= 4 is 79.1 Å². The van der Waals surface area contributed by atoms with Crippen molar-refractivity contribution in [2.75, 3.05) is 13.2 Å². The summed E-state index contributed by atoms with van der Waals surface area (Å²) in [4.78, 5) is 28.2. The zero-order valence-corrected chi connectivity index (χ0v) is 20.2. The molecule has 1 aliphatic rings. The molecule has 30 heavy (non-hydrogen) atoms. The first-order valence-electron chi connectivity index (χ1n) is 8.71. The Kier molecular flexibility index (Phi) is 7.78.